The van der Waals surface area contributed by atoms with E-state index in [0.717, 1.165) is 45.3 Å². The van der Waals surface area contributed by atoms with Gasteiger partial charge < -0.3 is 9.80 Å². The Balaban J connectivity index is 1.11. The van der Waals surface area contributed by atoms with Crippen LogP contribution in [0.2, 0.25) is 0 Å². The summed E-state index contributed by atoms with van der Waals surface area (Å²) in [5.41, 5.74) is 10.4. The Morgan fingerprint density at radius 3 is 1.33 bits per heavy atom. The Hall–Kier alpha value is -6.38. The Bertz CT molecular complexity index is 2300. The smallest absolute Gasteiger partial charge is 0.0540 e. The normalized spacial score (nSPS) is 11.3. The van der Waals surface area contributed by atoms with Gasteiger partial charge in [-0.25, -0.2) is 0 Å². The van der Waals surface area contributed by atoms with E-state index >= 15 is 0 Å². The van der Waals surface area contributed by atoms with E-state index in [2.05, 4.69) is 217 Å². The summed E-state index contributed by atoms with van der Waals surface area (Å²) in [5.74, 6) is 0. The first-order valence-corrected chi connectivity index (χ1v) is 16.8. The fourth-order valence-corrected chi connectivity index (χ4v) is 6.67. The SMILES string of the molecule is Cc1cccc(N(c2ccccc2)c2ccc(C=Cc3ccc(N(c4cccc5ccccc45)c4cccc5ccccc45)cc3)cc2)c1. The molecule has 0 N–H and O–H groups in total. The van der Waals surface area contributed by atoms with Crippen molar-refractivity contribution in [3.8, 4) is 0 Å². The Morgan fingerprint density at radius 2 is 0.776 bits per heavy atom. The van der Waals surface area contributed by atoms with E-state index in [9.17, 15) is 0 Å². The van der Waals surface area contributed by atoms with Crippen LogP contribution in [0.1, 0.15) is 16.7 Å². The standard InChI is InChI=1S/C47H36N2/c1-35-12-9-19-43(34-35)48(40-17-3-2-4-18-40)41-30-26-36(27-31-41)24-25-37-28-32-42(33-29-37)49(46-22-10-15-38-13-5-7-20-44(38)46)47-23-11-16-39-14-6-8-21-45(39)47/h2-34H,1H3. The molecular formula is C47H36N2. The zero-order chi connectivity index (χ0) is 33.0. The number of anilines is 6. The van der Waals surface area contributed by atoms with E-state index in [1.807, 2.05) is 0 Å². The van der Waals surface area contributed by atoms with Crippen LogP contribution in [0.5, 0.6) is 0 Å². The lowest BCUT2D eigenvalue weighted by Gasteiger charge is -2.28. The fourth-order valence-electron chi connectivity index (χ4n) is 6.67. The summed E-state index contributed by atoms with van der Waals surface area (Å²) in [6.45, 7) is 2.14. The maximum atomic E-state index is 2.39. The van der Waals surface area contributed by atoms with E-state index in [1.54, 1.807) is 0 Å². The summed E-state index contributed by atoms with van der Waals surface area (Å²) in [6.07, 6.45) is 4.37. The van der Waals surface area contributed by atoms with E-state index < -0.39 is 0 Å². The van der Waals surface area contributed by atoms with Crippen LogP contribution in [-0.4, -0.2) is 0 Å². The molecule has 0 saturated heterocycles. The minimum Gasteiger partial charge on any atom is -0.310 e. The number of fused-ring (bicyclic) bond motifs is 2. The van der Waals surface area contributed by atoms with Crippen molar-refractivity contribution in [2.24, 2.45) is 0 Å². The molecule has 0 atom stereocenters. The van der Waals surface area contributed by atoms with Gasteiger partial charge in [0.1, 0.15) is 0 Å². The number of hydrogen-bond acceptors (Lipinski definition) is 2. The third-order valence-electron chi connectivity index (χ3n) is 9.06. The average molecular weight is 629 g/mol. The van der Waals surface area contributed by atoms with Crippen LogP contribution < -0.4 is 9.80 Å². The summed E-state index contributed by atoms with van der Waals surface area (Å²) in [4.78, 5) is 4.69. The van der Waals surface area contributed by atoms with E-state index in [1.165, 1.54) is 27.1 Å². The first-order valence-electron chi connectivity index (χ1n) is 16.8. The molecule has 0 aromatic heterocycles. The number of rotatable bonds is 8. The molecule has 2 heteroatoms. The monoisotopic (exact) mass is 628 g/mol. The highest BCUT2D eigenvalue weighted by Gasteiger charge is 2.17. The van der Waals surface area contributed by atoms with E-state index in [4.69, 9.17) is 0 Å². The predicted octanol–water partition coefficient (Wildman–Crippen LogP) is 13.4. The molecule has 0 spiro atoms. The molecule has 0 aliphatic heterocycles. The van der Waals surface area contributed by atoms with Crippen LogP contribution in [0, 0.1) is 6.92 Å². The number of nitrogens with zero attached hydrogens (tertiary/aromatic N) is 2. The van der Waals surface area contributed by atoms with Crippen LogP contribution in [0.4, 0.5) is 34.1 Å². The molecule has 0 heterocycles. The maximum absolute atomic E-state index is 2.39. The van der Waals surface area contributed by atoms with Gasteiger partial charge in [0.2, 0.25) is 0 Å². The second-order valence-corrected chi connectivity index (χ2v) is 12.4. The van der Waals surface area contributed by atoms with Crippen LogP contribution in [0.25, 0.3) is 33.7 Å². The van der Waals surface area contributed by atoms with Crippen molar-refractivity contribution in [3.63, 3.8) is 0 Å². The van der Waals surface area contributed by atoms with Crippen molar-refractivity contribution in [2.75, 3.05) is 9.80 Å². The molecule has 49 heavy (non-hydrogen) atoms. The van der Waals surface area contributed by atoms with Gasteiger partial charge in [-0.15, -0.1) is 0 Å². The molecule has 0 amide bonds. The number of aryl methyl sites for hydroxylation is 1. The Labute approximate surface area is 288 Å². The van der Waals surface area contributed by atoms with Crippen molar-refractivity contribution in [1.29, 1.82) is 0 Å². The lowest BCUT2D eigenvalue weighted by atomic mass is 10.0. The van der Waals surface area contributed by atoms with Crippen molar-refractivity contribution in [1.82, 2.24) is 0 Å². The summed E-state index contributed by atoms with van der Waals surface area (Å²) in [5, 5.41) is 4.89. The quantitative estimate of drug-likeness (QED) is 0.155. The second kappa shape index (κ2) is 13.4. The first-order chi connectivity index (χ1) is 24.2. The van der Waals surface area contributed by atoms with Gasteiger partial charge in [-0.3, -0.25) is 0 Å². The second-order valence-electron chi connectivity index (χ2n) is 12.4. The molecule has 0 aliphatic carbocycles. The van der Waals surface area contributed by atoms with Crippen LogP contribution in [0.15, 0.2) is 188 Å². The fraction of sp³-hybridized carbons (Fsp3) is 0.0213. The minimum atomic E-state index is 1.12. The van der Waals surface area contributed by atoms with Gasteiger partial charge in [0.25, 0.3) is 0 Å². The molecule has 2 nitrogen and oxygen atoms in total. The third kappa shape index (κ3) is 6.20. The number of hydrogen-bond donors (Lipinski definition) is 0. The molecule has 234 valence electrons. The third-order valence-corrected chi connectivity index (χ3v) is 9.06. The van der Waals surface area contributed by atoms with Gasteiger partial charge in [-0.1, -0.05) is 140 Å². The predicted molar refractivity (Wildman–Crippen MR) is 211 cm³/mol. The van der Waals surface area contributed by atoms with Gasteiger partial charge in [-0.2, -0.15) is 0 Å². The largest absolute Gasteiger partial charge is 0.310 e. The van der Waals surface area contributed by atoms with Gasteiger partial charge in [-0.05, 0) is 95.1 Å². The van der Waals surface area contributed by atoms with Crippen molar-refractivity contribution < 1.29 is 0 Å². The lowest BCUT2D eigenvalue weighted by molar-refractivity contribution is 1.27. The molecule has 8 rings (SSSR count). The van der Waals surface area contributed by atoms with Crippen LogP contribution >= 0.6 is 0 Å². The van der Waals surface area contributed by atoms with Gasteiger partial charge in [0.15, 0.2) is 0 Å². The van der Waals surface area contributed by atoms with E-state index in [0.29, 0.717) is 0 Å². The summed E-state index contributed by atoms with van der Waals surface area (Å²) < 4.78 is 0. The molecule has 8 aromatic rings. The zero-order valence-electron chi connectivity index (χ0n) is 27.4. The highest BCUT2D eigenvalue weighted by atomic mass is 15.1. The lowest BCUT2D eigenvalue weighted by Crippen LogP contribution is -2.11. The zero-order valence-corrected chi connectivity index (χ0v) is 27.4. The summed E-state index contributed by atoms with van der Waals surface area (Å²) in [7, 11) is 0. The Kier molecular flexibility index (Phi) is 8.19. The topological polar surface area (TPSA) is 6.48 Å². The molecule has 0 fully saturated rings. The van der Waals surface area contributed by atoms with Gasteiger partial charge in [0, 0.05) is 33.5 Å². The summed E-state index contributed by atoms with van der Waals surface area (Å²) in [6, 6.07) is 67.2. The molecular weight excluding hydrogens is 593 g/mol. The maximum Gasteiger partial charge on any atom is 0.0540 e. The average Bonchev–Trinajstić information content (AvgIpc) is 3.16. The highest BCUT2D eigenvalue weighted by Crippen LogP contribution is 2.42. The van der Waals surface area contributed by atoms with Crippen LogP contribution in [-0.2, 0) is 0 Å². The first kappa shape index (κ1) is 30.0. The molecule has 0 bridgehead atoms. The number of benzene rings is 8. The number of para-hydroxylation sites is 1. The van der Waals surface area contributed by atoms with Crippen molar-refractivity contribution in [2.45, 2.75) is 6.92 Å². The molecule has 0 saturated carbocycles. The van der Waals surface area contributed by atoms with Gasteiger partial charge >= 0.3 is 0 Å². The Morgan fingerprint density at radius 1 is 0.347 bits per heavy atom. The molecule has 0 unspecified atom stereocenters. The van der Waals surface area contributed by atoms with Crippen molar-refractivity contribution in [3.05, 3.63) is 205 Å². The van der Waals surface area contributed by atoms with Crippen molar-refractivity contribution >= 4 is 67.8 Å². The molecule has 8 aromatic carbocycles. The van der Waals surface area contributed by atoms with Crippen LogP contribution in [0.3, 0.4) is 0 Å². The molecule has 0 aliphatic rings. The highest BCUT2D eigenvalue weighted by molar-refractivity contribution is 6.04. The minimum absolute atomic E-state index is 1.12. The van der Waals surface area contributed by atoms with E-state index in [-0.39, 0.29) is 0 Å². The molecule has 0 radical (unpaired) electrons. The van der Waals surface area contributed by atoms with Gasteiger partial charge in [0.05, 0.1) is 11.4 Å². The summed E-state index contributed by atoms with van der Waals surface area (Å²) >= 11 is 0.